The molecular weight excluding hydrogens is 317 g/mol. The summed E-state index contributed by atoms with van der Waals surface area (Å²) in [6, 6.07) is 9.16. The third-order valence-corrected chi connectivity index (χ3v) is 3.48. The minimum Gasteiger partial charge on any atom is -0.397 e. The first-order chi connectivity index (χ1) is 10.1. The van der Waals surface area contributed by atoms with Crippen LogP contribution in [0.5, 0.6) is 0 Å². The molecule has 0 spiro atoms. The molecule has 0 aliphatic carbocycles. The Balaban J connectivity index is 2.32. The lowest BCUT2D eigenvalue weighted by Crippen LogP contribution is -2.11. The van der Waals surface area contributed by atoms with Crippen molar-refractivity contribution < 1.29 is 21.6 Å². The smallest absolute Gasteiger partial charge is 0.397 e. The summed E-state index contributed by atoms with van der Waals surface area (Å²) >= 11 is 0. The lowest BCUT2D eigenvalue weighted by atomic mass is 10.0. The Morgan fingerprint density at radius 1 is 1.00 bits per heavy atom. The van der Waals surface area contributed by atoms with E-state index < -0.39 is 21.8 Å². The van der Waals surface area contributed by atoms with Crippen molar-refractivity contribution in [3.05, 3.63) is 48.0 Å². The molecule has 0 fully saturated rings. The average Bonchev–Trinajstić information content (AvgIpc) is 2.39. The zero-order chi connectivity index (χ0) is 16.5. The van der Waals surface area contributed by atoms with E-state index in [1.807, 2.05) is 0 Å². The van der Waals surface area contributed by atoms with Gasteiger partial charge in [0.1, 0.15) is 0 Å². The number of rotatable bonds is 3. The molecule has 0 bridgehead atoms. The van der Waals surface area contributed by atoms with Crippen molar-refractivity contribution in [2.75, 3.05) is 16.7 Å². The number of hydrogen-bond donors (Lipinski definition) is 2. The first-order valence-corrected chi connectivity index (χ1v) is 8.00. The van der Waals surface area contributed by atoms with Crippen molar-refractivity contribution in [2.45, 2.75) is 6.18 Å². The van der Waals surface area contributed by atoms with E-state index in [1.54, 1.807) is 6.07 Å². The molecular formula is C14H13F3N2O2S. The molecule has 22 heavy (non-hydrogen) atoms. The Morgan fingerprint density at radius 2 is 1.55 bits per heavy atom. The Morgan fingerprint density at radius 3 is 2.00 bits per heavy atom. The number of anilines is 2. The minimum atomic E-state index is -4.39. The van der Waals surface area contributed by atoms with Crippen molar-refractivity contribution in [3.8, 4) is 11.1 Å². The van der Waals surface area contributed by atoms with Gasteiger partial charge in [-0.25, -0.2) is 8.42 Å². The van der Waals surface area contributed by atoms with Gasteiger partial charge >= 0.3 is 6.18 Å². The summed E-state index contributed by atoms with van der Waals surface area (Å²) in [4.78, 5) is 0. The van der Waals surface area contributed by atoms with Crippen LogP contribution in [0.25, 0.3) is 11.1 Å². The minimum absolute atomic E-state index is 0.183. The molecule has 4 nitrogen and oxygen atoms in total. The van der Waals surface area contributed by atoms with Gasteiger partial charge in [0.15, 0.2) is 0 Å². The standard InChI is InChI=1S/C14H13F3N2O2S/c1-22(20,21)19-13-7-4-10(8-12(13)18)9-2-5-11(6-3-9)14(15,16)17/h2-8,19H,18H2,1H3. The van der Waals surface area contributed by atoms with E-state index in [4.69, 9.17) is 5.73 Å². The fourth-order valence-electron chi connectivity index (χ4n) is 1.89. The lowest BCUT2D eigenvalue weighted by molar-refractivity contribution is -0.137. The van der Waals surface area contributed by atoms with E-state index >= 15 is 0 Å². The Hall–Kier alpha value is -2.22. The van der Waals surface area contributed by atoms with Crippen LogP contribution >= 0.6 is 0 Å². The van der Waals surface area contributed by atoms with Gasteiger partial charge in [0.05, 0.1) is 23.2 Å². The Labute approximate surface area is 125 Å². The molecule has 2 aromatic rings. The first-order valence-electron chi connectivity index (χ1n) is 6.11. The first kappa shape index (κ1) is 16.2. The second-order valence-electron chi connectivity index (χ2n) is 4.75. The quantitative estimate of drug-likeness (QED) is 0.848. The fraction of sp³-hybridized carbons (Fsp3) is 0.143. The van der Waals surface area contributed by atoms with E-state index in [1.165, 1.54) is 24.3 Å². The van der Waals surface area contributed by atoms with E-state index in [-0.39, 0.29) is 11.4 Å². The topological polar surface area (TPSA) is 72.2 Å². The fourth-order valence-corrected chi connectivity index (χ4v) is 2.47. The molecule has 0 aromatic heterocycles. The van der Waals surface area contributed by atoms with Crippen LogP contribution in [0.4, 0.5) is 24.5 Å². The molecule has 0 radical (unpaired) electrons. The largest absolute Gasteiger partial charge is 0.416 e. The van der Waals surface area contributed by atoms with Crippen molar-refractivity contribution in [1.82, 2.24) is 0 Å². The Kier molecular flexibility index (Phi) is 4.06. The van der Waals surface area contributed by atoms with Crippen molar-refractivity contribution in [2.24, 2.45) is 0 Å². The third-order valence-electron chi connectivity index (χ3n) is 2.89. The second-order valence-corrected chi connectivity index (χ2v) is 6.50. The van der Waals surface area contributed by atoms with Gasteiger partial charge in [-0.05, 0) is 35.4 Å². The van der Waals surface area contributed by atoms with Crippen LogP contribution in [0.2, 0.25) is 0 Å². The van der Waals surface area contributed by atoms with Crippen molar-refractivity contribution >= 4 is 21.4 Å². The summed E-state index contributed by atoms with van der Waals surface area (Å²) in [7, 11) is -3.45. The molecule has 0 amide bonds. The summed E-state index contributed by atoms with van der Waals surface area (Å²) in [5, 5.41) is 0. The molecule has 0 aliphatic heterocycles. The monoisotopic (exact) mass is 330 g/mol. The highest BCUT2D eigenvalue weighted by Gasteiger charge is 2.29. The SMILES string of the molecule is CS(=O)(=O)Nc1ccc(-c2ccc(C(F)(F)F)cc2)cc1N. The van der Waals surface area contributed by atoms with Gasteiger partial charge < -0.3 is 5.73 Å². The van der Waals surface area contributed by atoms with Crippen LogP contribution in [0, 0.1) is 0 Å². The number of hydrogen-bond acceptors (Lipinski definition) is 3. The van der Waals surface area contributed by atoms with Gasteiger partial charge in [0.25, 0.3) is 0 Å². The van der Waals surface area contributed by atoms with Gasteiger partial charge in [-0.3, -0.25) is 4.72 Å². The number of benzene rings is 2. The van der Waals surface area contributed by atoms with Crippen LogP contribution in [0.3, 0.4) is 0 Å². The molecule has 0 saturated heterocycles. The molecule has 0 aliphatic rings. The highest BCUT2D eigenvalue weighted by Crippen LogP contribution is 2.32. The van der Waals surface area contributed by atoms with E-state index in [0.717, 1.165) is 18.4 Å². The van der Waals surface area contributed by atoms with Crippen LogP contribution in [-0.4, -0.2) is 14.7 Å². The van der Waals surface area contributed by atoms with Gasteiger partial charge in [0, 0.05) is 0 Å². The molecule has 0 saturated carbocycles. The highest BCUT2D eigenvalue weighted by atomic mass is 32.2. The normalized spacial score (nSPS) is 12.2. The summed E-state index contributed by atoms with van der Waals surface area (Å²) in [5.41, 5.74) is 6.56. The van der Waals surface area contributed by atoms with Gasteiger partial charge in [-0.2, -0.15) is 13.2 Å². The van der Waals surface area contributed by atoms with Crippen LogP contribution in [0.15, 0.2) is 42.5 Å². The third kappa shape index (κ3) is 3.91. The number of nitrogen functional groups attached to an aromatic ring is 1. The maximum atomic E-state index is 12.5. The number of alkyl halides is 3. The van der Waals surface area contributed by atoms with Crippen molar-refractivity contribution in [1.29, 1.82) is 0 Å². The molecule has 8 heteroatoms. The molecule has 2 rings (SSSR count). The molecule has 0 heterocycles. The molecule has 3 N–H and O–H groups in total. The Bertz CT molecular complexity index is 785. The summed E-state index contributed by atoms with van der Waals surface area (Å²) in [6.45, 7) is 0. The molecule has 2 aromatic carbocycles. The van der Waals surface area contributed by atoms with E-state index in [0.29, 0.717) is 11.1 Å². The van der Waals surface area contributed by atoms with Gasteiger partial charge in [0.2, 0.25) is 10.0 Å². The zero-order valence-electron chi connectivity index (χ0n) is 11.5. The summed E-state index contributed by atoms with van der Waals surface area (Å²) in [5.74, 6) is 0. The zero-order valence-corrected chi connectivity index (χ0v) is 12.3. The maximum absolute atomic E-state index is 12.5. The van der Waals surface area contributed by atoms with Gasteiger partial charge in [-0.15, -0.1) is 0 Å². The highest BCUT2D eigenvalue weighted by molar-refractivity contribution is 7.92. The summed E-state index contributed by atoms with van der Waals surface area (Å²) < 4.78 is 62.1. The van der Waals surface area contributed by atoms with Crippen LogP contribution < -0.4 is 10.5 Å². The summed E-state index contributed by atoms with van der Waals surface area (Å²) in [6.07, 6.45) is -3.39. The number of sulfonamides is 1. The maximum Gasteiger partial charge on any atom is 0.416 e. The van der Waals surface area contributed by atoms with Crippen LogP contribution in [-0.2, 0) is 16.2 Å². The predicted molar refractivity (Wildman–Crippen MR) is 79.8 cm³/mol. The number of halogens is 3. The van der Waals surface area contributed by atoms with Crippen molar-refractivity contribution in [3.63, 3.8) is 0 Å². The molecule has 0 unspecified atom stereocenters. The van der Waals surface area contributed by atoms with E-state index in [9.17, 15) is 21.6 Å². The van der Waals surface area contributed by atoms with E-state index in [2.05, 4.69) is 4.72 Å². The molecule has 118 valence electrons. The predicted octanol–water partition coefficient (Wildman–Crippen LogP) is 3.33. The van der Waals surface area contributed by atoms with Crippen LogP contribution in [0.1, 0.15) is 5.56 Å². The van der Waals surface area contributed by atoms with Gasteiger partial charge in [-0.1, -0.05) is 18.2 Å². The number of nitrogens with two attached hydrogens (primary N) is 1. The second kappa shape index (κ2) is 5.53. The average molecular weight is 330 g/mol. The molecule has 0 atom stereocenters. The number of nitrogens with one attached hydrogen (secondary N) is 1. The lowest BCUT2D eigenvalue weighted by Gasteiger charge is -2.11.